The SMILES string of the molecule is c1ccc(N/N=C2/CCc3ccccc3C2)cc1. The van der Waals surface area contributed by atoms with Gasteiger partial charge in [0.05, 0.1) is 5.69 Å². The number of hydrogen-bond acceptors (Lipinski definition) is 2. The molecule has 3 rings (SSSR count). The minimum absolute atomic E-state index is 0.968. The van der Waals surface area contributed by atoms with Gasteiger partial charge in [-0.05, 0) is 36.1 Å². The van der Waals surface area contributed by atoms with Crippen molar-refractivity contribution in [1.29, 1.82) is 0 Å². The topological polar surface area (TPSA) is 24.4 Å². The van der Waals surface area contributed by atoms with E-state index in [0.29, 0.717) is 0 Å². The average Bonchev–Trinajstić information content (AvgIpc) is 2.46. The number of rotatable bonds is 2. The van der Waals surface area contributed by atoms with Gasteiger partial charge >= 0.3 is 0 Å². The van der Waals surface area contributed by atoms with E-state index in [-0.39, 0.29) is 0 Å². The summed E-state index contributed by atoms with van der Waals surface area (Å²) in [6.45, 7) is 0. The number of benzene rings is 2. The van der Waals surface area contributed by atoms with Crippen molar-refractivity contribution in [2.75, 3.05) is 5.43 Å². The number of para-hydroxylation sites is 1. The lowest BCUT2D eigenvalue weighted by Crippen LogP contribution is -2.15. The quantitative estimate of drug-likeness (QED) is 0.791. The lowest BCUT2D eigenvalue weighted by Gasteiger charge is -2.17. The highest BCUT2D eigenvalue weighted by Gasteiger charge is 2.13. The molecule has 0 saturated carbocycles. The van der Waals surface area contributed by atoms with Crippen LogP contribution in [0.25, 0.3) is 0 Å². The fourth-order valence-electron chi connectivity index (χ4n) is 2.31. The maximum atomic E-state index is 4.52. The van der Waals surface area contributed by atoms with Gasteiger partial charge in [-0.25, -0.2) is 0 Å². The zero-order chi connectivity index (χ0) is 12.2. The molecule has 0 fully saturated rings. The number of aryl methyl sites for hydroxylation is 1. The summed E-state index contributed by atoms with van der Waals surface area (Å²) in [6, 6.07) is 18.7. The normalized spacial score (nSPS) is 16.3. The van der Waals surface area contributed by atoms with Crippen molar-refractivity contribution in [2.24, 2.45) is 5.10 Å². The van der Waals surface area contributed by atoms with Crippen molar-refractivity contribution < 1.29 is 0 Å². The first kappa shape index (κ1) is 11.0. The van der Waals surface area contributed by atoms with Crippen LogP contribution in [-0.4, -0.2) is 5.71 Å². The highest BCUT2D eigenvalue weighted by molar-refractivity contribution is 5.89. The standard InChI is InChI=1S/C16H16N2/c1-2-8-15(9-3-1)17-18-16-11-10-13-6-4-5-7-14(13)12-16/h1-9,17H,10-12H2/b18-16-. The summed E-state index contributed by atoms with van der Waals surface area (Å²) >= 11 is 0. The van der Waals surface area contributed by atoms with E-state index in [1.54, 1.807) is 0 Å². The second-order valence-corrected chi connectivity index (χ2v) is 4.60. The van der Waals surface area contributed by atoms with Crippen LogP contribution in [0.3, 0.4) is 0 Å². The number of hydrazone groups is 1. The van der Waals surface area contributed by atoms with Crippen LogP contribution in [0.2, 0.25) is 0 Å². The van der Waals surface area contributed by atoms with E-state index in [2.05, 4.69) is 34.8 Å². The van der Waals surface area contributed by atoms with Crippen LogP contribution in [0.15, 0.2) is 59.7 Å². The van der Waals surface area contributed by atoms with Gasteiger partial charge in [0.2, 0.25) is 0 Å². The van der Waals surface area contributed by atoms with Crippen molar-refractivity contribution >= 4 is 11.4 Å². The zero-order valence-corrected chi connectivity index (χ0v) is 10.3. The van der Waals surface area contributed by atoms with Gasteiger partial charge in [0, 0.05) is 12.1 Å². The molecule has 2 aromatic carbocycles. The third-order valence-electron chi connectivity index (χ3n) is 3.31. The van der Waals surface area contributed by atoms with E-state index >= 15 is 0 Å². The molecule has 18 heavy (non-hydrogen) atoms. The summed E-state index contributed by atoms with van der Waals surface area (Å²) < 4.78 is 0. The number of anilines is 1. The van der Waals surface area contributed by atoms with Crippen molar-refractivity contribution in [2.45, 2.75) is 19.3 Å². The molecule has 0 atom stereocenters. The summed E-state index contributed by atoms with van der Waals surface area (Å²) in [5.74, 6) is 0. The first-order chi connectivity index (χ1) is 8.92. The maximum absolute atomic E-state index is 4.52. The second kappa shape index (κ2) is 5.05. The largest absolute Gasteiger partial charge is 0.279 e. The lowest BCUT2D eigenvalue weighted by molar-refractivity contribution is 0.941. The molecule has 0 unspecified atom stereocenters. The van der Waals surface area contributed by atoms with Crippen molar-refractivity contribution in [3.05, 3.63) is 65.7 Å². The summed E-state index contributed by atoms with van der Waals surface area (Å²) in [5, 5.41) is 4.52. The van der Waals surface area contributed by atoms with Gasteiger partial charge in [-0.2, -0.15) is 5.10 Å². The van der Waals surface area contributed by atoms with E-state index in [9.17, 15) is 0 Å². The minimum atomic E-state index is 0.968. The van der Waals surface area contributed by atoms with E-state index in [1.807, 2.05) is 30.3 Å². The molecule has 0 radical (unpaired) electrons. The van der Waals surface area contributed by atoms with Crippen LogP contribution < -0.4 is 5.43 Å². The van der Waals surface area contributed by atoms with Crippen LogP contribution in [0, 0.1) is 0 Å². The third kappa shape index (κ3) is 2.43. The molecule has 1 N–H and O–H groups in total. The van der Waals surface area contributed by atoms with Gasteiger partial charge in [0.25, 0.3) is 0 Å². The molecule has 0 aromatic heterocycles. The Morgan fingerprint density at radius 2 is 1.50 bits per heavy atom. The predicted molar refractivity (Wildman–Crippen MR) is 76.0 cm³/mol. The zero-order valence-electron chi connectivity index (χ0n) is 10.3. The van der Waals surface area contributed by atoms with Gasteiger partial charge in [-0.1, -0.05) is 42.5 Å². The smallest absolute Gasteiger partial charge is 0.0561 e. The number of nitrogens with one attached hydrogen (secondary N) is 1. The third-order valence-corrected chi connectivity index (χ3v) is 3.31. The number of nitrogens with zero attached hydrogens (tertiary/aromatic N) is 1. The molecule has 1 aliphatic rings. The number of fused-ring (bicyclic) bond motifs is 1. The molecule has 0 heterocycles. The first-order valence-corrected chi connectivity index (χ1v) is 6.35. The van der Waals surface area contributed by atoms with E-state index in [1.165, 1.54) is 16.8 Å². The van der Waals surface area contributed by atoms with Gasteiger partial charge in [-0.15, -0.1) is 0 Å². The summed E-state index contributed by atoms with van der Waals surface area (Å²) in [6.07, 6.45) is 3.12. The molecule has 0 aliphatic heterocycles. The molecule has 0 amide bonds. The van der Waals surface area contributed by atoms with E-state index in [4.69, 9.17) is 0 Å². The Balaban J connectivity index is 1.72. The van der Waals surface area contributed by atoms with Crippen LogP contribution in [-0.2, 0) is 12.8 Å². The van der Waals surface area contributed by atoms with Crippen LogP contribution in [0.1, 0.15) is 17.5 Å². The Morgan fingerprint density at radius 1 is 0.778 bits per heavy atom. The lowest BCUT2D eigenvalue weighted by atomic mass is 9.90. The molecule has 2 heteroatoms. The Hall–Kier alpha value is -2.09. The average molecular weight is 236 g/mol. The summed E-state index contributed by atoms with van der Waals surface area (Å²) in [7, 11) is 0. The monoisotopic (exact) mass is 236 g/mol. The van der Waals surface area contributed by atoms with Crippen LogP contribution >= 0.6 is 0 Å². The molecule has 0 spiro atoms. The van der Waals surface area contributed by atoms with Crippen LogP contribution in [0.5, 0.6) is 0 Å². The highest BCUT2D eigenvalue weighted by Crippen LogP contribution is 2.19. The fourth-order valence-corrected chi connectivity index (χ4v) is 2.31. The molecule has 2 aromatic rings. The van der Waals surface area contributed by atoms with Gasteiger partial charge in [0.15, 0.2) is 0 Å². The molecule has 90 valence electrons. The van der Waals surface area contributed by atoms with Crippen molar-refractivity contribution in [1.82, 2.24) is 0 Å². The van der Waals surface area contributed by atoms with Gasteiger partial charge in [0.1, 0.15) is 0 Å². The predicted octanol–water partition coefficient (Wildman–Crippen LogP) is 3.64. The molecule has 1 aliphatic carbocycles. The molecular formula is C16H16N2. The van der Waals surface area contributed by atoms with Gasteiger partial charge < -0.3 is 0 Å². The van der Waals surface area contributed by atoms with Crippen molar-refractivity contribution in [3.63, 3.8) is 0 Å². The second-order valence-electron chi connectivity index (χ2n) is 4.60. The minimum Gasteiger partial charge on any atom is -0.279 e. The highest BCUT2D eigenvalue weighted by atomic mass is 15.3. The van der Waals surface area contributed by atoms with E-state index < -0.39 is 0 Å². The van der Waals surface area contributed by atoms with Gasteiger partial charge in [-0.3, -0.25) is 5.43 Å². The Morgan fingerprint density at radius 3 is 2.33 bits per heavy atom. The molecular weight excluding hydrogens is 220 g/mol. The Labute approximate surface area is 107 Å². The van der Waals surface area contributed by atoms with Crippen molar-refractivity contribution in [3.8, 4) is 0 Å². The Bertz CT molecular complexity index is 558. The van der Waals surface area contributed by atoms with Crippen LogP contribution in [0.4, 0.5) is 5.69 Å². The summed E-state index contributed by atoms with van der Waals surface area (Å²) in [4.78, 5) is 0. The first-order valence-electron chi connectivity index (χ1n) is 6.35. The maximum Gasteiger partial charge on any atom is 0.0561 e. The molecule has 2 nitrogen and oxygen atoms in total. The molecule has 0 bridgehead atoms. The van der Waals surface area contributed by atoms with E-state index in [0.717, 1.165) is 24.9 Å². The Kier molecular flexibility index (Phi) is 3.09. The summed E-state index contributed by atoms with van der Waals surface area (Å²) in [5.41, 5.74) is 8.30. The number of hydrogen-bond donors (Lipinski definition) is 1. The molecule has 0 saturated heterocycles. The fraction of sp³-hybridized carbons (Fsp3) is 0.188.